The summed E-state index contributed by atoms with van der Waals surface area (Å²) in [5, 5.41) is 3.07. The third-order valence-electron chi connectivity index (χ3n) is 2.76. The lowest BCUT2D eigenvalue weighted by atomic mass is 10.1. The van der Waals surface area contributed by atoms with Crippen molar-refractivity contribution in [1.29, 1.82) is 0 Å². The Labute approximate surface area is 140 Å². The Bertz CT molecular complexity index is 684. The number of nitrogens with one attached hydrogen (secondary N) is 1. The van der Waals surface area contributed by atoms with E-state index in [-0.39, 0.29) is 5.78 Å². The molecule has 5 heteroatoms. The van der Waals surface area contributed by atoms with Crippen LogP contribution in [0.3, 0.4) is 0 Å². The van der Waals surface area contributed by atoms with E-state index in [4.69, 9.17) is 4.74 Å². The molecule has 2 aromatic carbocycles. The summed E-state index contributed by atoms with van der Waals surface area (Å²) >= 11 is 6.84. The highest BCUT2D eigenvalue weighted by Gasteiger charge is 2.03. The molecule has 0 bridgehead atoms. The minimum atomic E-state index is -0.0883. The molecule has 0 heterocycles. The highest BCUT2D eigenvalue weighted by molar-refractivity contribution is 9.11. The van der Waals surface area contributed by atoms with Gasteiger partial charge in [-0.1, -0.05) is 28.1 Å². The fraction of sp³-hybridized carbons (Fsp3) is 0.0625. The van der Waals surface area contributed by atoms with Crippen LogP contribution in [0.5, 0.6) is 5.75 Å². The normalized spacial score (nSPS) is 10.6. The van der Waals surface area contributed by atoms with Gasteiger partial charge in [-0.05, 0) is 46.3 Å². The summed E-state index contributed by atoms with van der Waals surface area (Å²) in [5.74, 6) is 0.576. The Morgan fingerprint density at radius 3 is 2.71 bits per heavy atom. The van der Waals surface area contributed by atoms with Crippen molar-refractivity contribution in [3.05, 3.63) is 69.2 Å². The summed E-state index contributed by atoms with van der Waals surface area (Å²) in [6.07, 6.45) is 3.11. The maximum Gasteiger partial charge on any atom is 0.187 e. The van der Waals surface area contributed by atoms with E-state index in [2.05, 4.69) is 37.2 Å². The van der Waals surface area contributed by atoms with Gasteiger partial charge in [0.15, 0.2) is 5.78 Å². The van der Waals surface area contributed by atoms with Gasteiger partial charge in [-0.15, -0.1) is 0 Å². The van der Waals surface area contributed by atoms with Crippen molar-refractivity contribution in [1.82, 2.24) is 0 Å². The predicted molar refractivity (Wildman–Crippen MR) is 91.9 cm³/mol. The minimum Gasteiger partial charge on any atom is -0.497 e. The van der Waals surface area contributed by atoms with Gasteiger partial charge in [-0.25, -0.2) is 0 Å². The van der Waals surface area contributed by atoms with Crippen molar-refractivity contribution in [2.24, 2.45) is 0 Å². The van der Waals surface area contributed by atoms with Crippen molar-refractivity contribution in [3.63, 3.8) is 0 Å². The quantitative estimate of drug-likeness (QED) is 0.554. The lowest BCUT2D eigenvalue weighted by molar-refractivity contribution is 0.104. The molecule has 0 aliphatic heterocycles. The molecule has 21 heavy (non-hydrogen) atoms. The summed E-state index contributed by atoms with van der Waals surface area (Å²) in [6, 6.07) is 12.8. The summed E-state index contributed by atoms with van der Waals surface area (Å²) < 4.78 is 7.00. The van der Waals surface area contributed by atoms with Crippen LogP contribution in [-0.2, 0) is 0 Å². The number of allylic oxidation sites excluding steroid dienone is 1. The molecular weight excluding hydrogens is 398 g/mol. The van der Waals surface area contributed by atoms with Gasteiger partial charge in [0, 0.05) is 26.8 Å². The molecule has 0 aliphatic rings. The number of benzene rings is 2. The van der Waals surface area contributed by atoms with Crippen LogP contribution >= 0.6 is 31.9 Å². The number of hydrogen-bond acceptors (Lipinski definition) is 3. The first-order valence-corrected chi connectivity index (χ1v) is 7.75. The van der Waals surface area contributed by atoms with Crippen molar-refractivity contribution < 1.29 is 9.53 Å². The monoisotopic (exact) mass is 409 g/mol. The van der Waals surface area contributed by atoms with Gasteiger partial charge in [0.1, 0.15) is 5.75 Å². The van der Waals surface area contributed by atoms with E-state index < -0.39 is 0 Å². The standard InChI is InChI=1S/C16H13Br2NO2/c1-21-13-4-2-3-11(9-13)16(20)7-8-19-15-6-5-12(17)10-14(15)18/h2-10,19H,1H3. The fourth-order valence-electron chi connectivity index (χ4n) is 1.69. The van der Waals surface area contributed by atoms with Crippen molar-refractivity contribution in [2.75, 3.05) is 12.4 Å². The maximum atomic E-state index is 12.0. The molecule has 108 valence electrons. The first-order chi connectivity index (χ1) is 10.1. The number of carbonyl (C=O) groups is 1. The largest absolute Gasteiger partial charge is 0.497 e. The molecule has 0 aliphatic carbocycles. The molecule has 1 N–H and O–H groups in total. The van der Waals surface area contributed by atoms with Crippen LogP contribution in [0.15, 0.2) is 63.7 Å². The summed E-state index contributed by atoms with van der Waals surface area (Å²) in [5.41, 5.74) is 1.47. The van der Waals surface area contributed by atoms with Crippen LogP contribution in [0.25, 0.3) is 0 Å². The highest BCUT2D eigenvalue weighted by Crippen LogP contribution is 2.26. The predicted octanol–water partition coefficient (Wildman–Crippen LogP) is 5.03. The number of rotatable bonds is 5. The van der Waals surface area contributed by atoms with Gasteiger partial charge in [0.05, 0.1) is 12.8 Å². The zero-order valence-corrected chi connectivity index (χ0v) is 14.4. The zero-order valence-electron chi connectivity index (χ0n) is 11.3. The van der Waals surface area contributed by atoms with E-state index in [1.54, 1.807) is 37.6 Å². The van der Waals surface area contributed by atoms with Crippen LogP contribution < -0.4 is 10.1 Å². The summed E-state index contributed by atoms with van der Waals surface area (Å²) in [4.78, 5) is 12.0. The van der Waals surface area contributed by atoms with Crippen molar-refractivity contribution in [2.45, 2.75) is 0 Å². The number of halogens is 2. The number of carbonyl (C=O) groups excluding carboxylic acids is 1. The maximum absolute atomic E-state index is 12.0. The van der Waals surface area contributed by atoms with Crippen LogP contribution in [0.4, 0.5) is 5.69 Å². The van der Waals surface area contributed by atoms with E-state index >= 15 is 0 Å². The molecule has 0 saturated heterocycles. The topological polar surface area (TPSA) is 38.3 Å². The second-order valence-corrected chi connectivity index (χ2v) is 5.97. The number of ketones is 1. The molecule has 0 unspecified atom stereocenters. The first-order valence-electron chi connectivity index (χ1n) is 6.16. The number of methoxy groups -OCH3 is 1. The van der Waals surface area contributed by atoms with Crippen LogP contribution in [0.2, 0.25) is 0 Å². The van der Waals surface area contributed by atoms with Crippen molar-refractivity contribution in [3.8, 4) is 5.75 Å². The average Bonchev–Trinajstić information content (AvgIpc) is 2.49. The Morgan fingerprint density at radius 2 is 2.00 bits per heavy atom. The molecule has 2 rings (SSSR count). The second kappa shape index (κ2) is 7.43. The molecule has 0 fully saturated rings. The van der Waals surface area contributed by atoms with Crippen LogP contribution in [0, 0.1) is 0 Å². The van der Waals surface area contributed by atoms with E-state index in [1.165, 1.54) is 6.08 Å². The first kappa shape index (κ1) is 15.8. The molecule has 0 spiro atoms. The number of hydrogen-bond donors (Lipinski definition) is 1. The van der Waals surface area contributed by atoms with Crippen molar-refractivity contribution >= 4 is 43.3 Å². The smallest absolute Gasteiger partial charge is 0.187 e. The molecule has 0 amide bonds. The second-order valence-electron chi connectivity index (χ2n) is 4.20. The van der Waals surface area contributed by atoms with Gasteiger partial charge in [0.25, 0.3) is 0 Å². The summed E-state index contributed by atoms with van der Waals surface area (Å²) in [6.45, 7) is 0. The molecular formula is C16H13Br2NO2. The third-order valence-corrected chi connectivity index (χ3v) is 3.91. The van der Waals surface area contributed by atoms with Gasteiger partial charge < -0.3 is 10.1 Å². The third kappa shape index (κ3) is 4.44. The van der Waals surface area contributed by atoms with E-state index in [0.29, 0.717) is 11.3 Å². The highest BCUT2D eigenvalue weighted by atomic mass is 79.9. The van der Waals surface area contributed by atoms with E-state index in [9.17, 15) is 4.79 Å². The Morgan fingerprint density at radius 1 is 1.19 bits per heavy atom. The lowest BCUT2D eigenvalue weighted by Gasteiger charge is -2.04. The minimum absolute atomic E-state index is 0.0883. The number of anilines is 1. The van der Waals surface area contributed by atoms with E-state index in [0.717, 1.165) is 14.6 Å². The van der Waals surface area contributed by atoms with Gasteiger partial charge in [0.2, 0.25) is 0 Å². The van der Waals surface area contributed by atoms with E-state index in [1.807, 2.05) is 18.2 Å². The molecule has 3 nitrogen and oxygen atoms in total. The SMILES string of the molecule is COc1cccc(C(=O)C=CNc2ccc(Br)cc2Br)c1. The fourth-order valence-corrected chi connectivity index (χ4v) is 2.85. The Kier molecular flexibility index (Phi) is 5.59. The van der Waals surface area contributed by atoms with Gasteiger partial charge in [-0.2, -0.15) is 0 Å². The average molecular weight is 411 g/mol. The number of ether oxygens (including phenoxy) is 1. The summed E-state index contributed by atoms with van der Waals surface area (Å²) in [7, 11) is 1.58. The molecule has 0 aromatic heterocycles. The molecule has 2 aromatic rings. The Balaban J connectivity index is 2.05. The van der Waals surface area contributed by atoms with Gasteiger partial charge >= 0.3 is 0 Å². The lowest BCUT2D eigenvalue weighted by Crippen LogP contribution is -1.97. The molecule has 0 radical (unpaired) electrons. The molecule has 0 saturated carbocycles. The van der Waals surface area contributed by atoms with Crippen LogP contribution in [-0.4, -0.2) is 12.9 Å². The zero-order chi connectivity index (χ0) is 15.2. The van der Waals surface area contributed by atoms with Crippen LogP contribution in [0.1, 0.15) is 10.4 Å². The Hall–Kier alpha value is -1.59. The molecule has 0 atom stereocenters. The van der Waals surface area contributed by atoms with Gasteiger partial charge in [-0.3, -0.25) is 4.79 Å².